The molecule has 2 bridgehead atoms. The number of nitrogens with zero attached hydrogens (tertiary/aromatic N) is 1. The molecule has 0 spiro atoms. The maximum absolute atomic E-state index is 14.1. The Morgan fingerprint density at radius 3 is 2.46 bits per heavy atom. The van der Waals surface area contributed by atoms with Crippen molar-refractivity contribution in [3.05, 3.63) is 53.1 Å². The summed E-state index contributed by atoms with van der Waals surface area (Å²) in [4.78, 5) is 26.4. The summed E-state index contributed by atoms with van der Waals surface area (Å²) in [5, 5.41) is 5.80. The minimum atomic E-state index is -4.13. The Morgan fingerprint density at radius 1 is 1.09 bits per heavy atom. The maximum Gasteiger partial charge on any atom is 0.265 e. The third-order valence-corrected chi connectivity index (χ3v) is 10.1. The first-order valence-electron chi connectivity index (χ1n) is 12.4. The summed E-state index contributed by atoms with van der Waals surface area (Å²) in [5.41, 5.74) is 2.99. The molecule has 186 valence electrons. The molecule has 35 heavy (non-hydrogen) atoms. The largest absolute Gasteiger partial charge is 0.356 e. The fourth-order valence-electron chi connectivity index (χ4n) is 6.53. The van der Waals surface area contributed by atoms with Crippen molar-refractivity contribution in [2.45, 2.75) is 63.8 Å². The molecule has 4 unspecified atom stereocenters. The summed E-state index contributed by atoms with van der Waals surface area (Å²) in [6, 6.07) is 9.31. The Balaban J connectivity index is 1.45. The van der Waals surface area contributed by atoms with E-state index in [1.54, 1.807) is 38.1 Å². The number of rotatable bonds is 6. The topological polar surface area (TPSA) is 95.6 Å². The van der Waals surface area contributed by atoms with E-state index in [-0.39, 0.29) is 17.2 Å². The summed E-state index contributed by atoms with van der Waals surface area (Å²) >= 11 is 0. The third kappa shape index (κ3) is 4.33. The van der Waals surface area contributed by atoms with E-state index >= 15 is 0 Å². The average Bonchev–Trinajstić information content (AvgIpc) is 3.40. The summed E-state index contributed by atoms with van der Waals surface area (Å²) in [7, 11) is -4.13. The highest BCUT2D eigenvalue weighted by molar-refractivity contribution is 7.93. The average molecular weight is 496 g/mol. The molecule has 0 saturated heterocycles. The molecule has 2 N–H and O–H groups in total. The Labute approximate surface area is 207 Å². The molecule has 8 heteroatoms. The van der Waals surface area contributed by atoms with E-state index in [1.165, 1.54) is 19.3 Å². The zero-order valence-electron chi connectivity index (χ0n) is 20.5. The highest BCUT2D eigenvalue weighted by Gasteiger charge is 2.43. The lowest BCUT2D eigenvalue weighted by Gasteiger charge is -2.37. The number of amides is 2. The fraction of sp³-hybridized carbons (Fsp3) is 0.481. The number of anilines is 2. The van der Waals surface area contributed by atoms with Crippen LogP contribution in [0.15, 0.2) is 41.3 Å². The van der Waals surface area contributed by atoms with E-state index in [1.807, 2.05) is 19.1 Å². The van der Waals surface area contributed by atoms with E-state index < -0.39 is 22.0 Å². The summed E-state index contributed by atoms with van der Waals surface area (Å²) in [6.07, 6.45) is 4.69. The van der Waals surface area contributed by atoms with Crippen molar-refractivity contribution in [2.75, 3.05) is 16.2 Å². The van der Waals surface area contributed by atoms with Crippen molar-refractivity contribution in [1.82, 2.24) is 5.32 Å². The highest BCUT2D eigenvalue weighted by Crippen LogP contribution is 2.48. The number of aryl methyl sites for hydroxylation is 3. The molecule has 2 aromatic rings. The van der Waals surface area contributed by atoms with Gasteiger partial charge in [-0.25, -0.2) is 8.42 Å². The molecular formula is C27H33N3O4S. The first kappa shape index (κ1) is 23.9. The number of sulfonamides is 1. The number of hydrogen-bond donors (Lipinski definition) is 2. The van der Waals surface area contributed by atoms with Gasteiger partial charge < -0.3 is 10.6 Å². The SMILES string of the molecule is Cc1cc(C)c(S(=O)(=O)N2c3ccccc3NC(=O)C2CC(=O)NCC2CC3CCC2C3)c(C)c1. The molecule has 4 atom stereocenters. The predicted octanol–water partition coefficient (Wildman–Crippen LogP) is 4.07. The minimum Gasteiger partial charge on any atom is -0.356 e. The number of fused-ring (bicyclic) bond motifs is 3. The number of hydrogen-bond acceptors (Lipinski definition) is 4. The molecule has 2 aliphatic carbocycles. The van der Waals surface area contributed by atoms with E-state index in [9.17, 15) is 18.0 Å². The third-order valence-electron chi connectivity index (χ3n) is 7.93. The minimum absolute atomic E-state index is 0.181. The number of nitrogens with one attached hydrogen (secondary N) is 2. The van der Waals surface area contributed by atoms with Crippen LogP contribution in [0.4, 0.5) is 11.4 Å². The van der Waals surface area contributed by atoms with E-state index in [0.717, 1.165) is 22.2 Å². The predicted molar refractivity (Wildman–Crippen MR) is 136 cm³/mol. The fourth-order valence-corrected chi connectivity index (χ4v) is 8.58. The van der Waals surface area contributed by atoms with Crippen LogP contribution in [-0.4, -0.2) is 32.8 Å². The van der Waals surface area contributed by atoms with Gasteiger partial charge in [-0.2, -0.15) is 0 Å². The summed E-state index contributed by atoms with van der Waals surface area (Å²) in [5.74, 6) is 1.14. The second-order valence-corrected chi connectivity index (χ2v) is 12.2. The Bertz CT molecular complexity index is 1270. The van der Waals surface area contributed by atoms with Gasteiger partial charge in [0.2, 0.25) is 11.8 Å². The van der Waals surface area contributed by atoms with Gasteiger partial charge in [-0.15, -0.1) is 0 Å². The molecule has 3 aliphatic rings. The van der Waals surface area contributed by atoms with Crippen LogP contribution >= 0.6 is 0 Å². The van der Waals surface area contributed by atoms with Crippen LogP contribution in [0.3, 0.4) is 0 Å². The van der Waals surface area contributed by atoms with Crippen LogP contribution < -0.4 is 14.9 Å². The number of carbonyl (C=O) groups is 2. The van der Waals surface area contributed by atoms with E-state index in [0.29, 0.717) is 40.9 Å². The normalized spacial score (nSPS) is 25.3. The lowest BCUT2D eigenvalue weighted by atomic mass is 9.89. The van der Waals surface area contributed by atoms with E-state index in [2.05, 4.69) is 10.6 Å². The molecule has 0 radical (unpaired) electrons. The second kappa shape index (κ2) is 8.97. The van der Waals surface area contributed by atoms with E-state index in [4.69, 9.17) is 0 Å². The van der Waals surface area contributed by atoms with Crippen LogP contribution in [0.1, 0.15) is 48.8 Å². The maximum atomic E-state index is 14.1. The molecule has 5 rings (SSSR count). The smallest absolute Gasteiger partial charge is 0.265 e. The van der Waals surface area contributed by atoms with Crippen molar-refractivity contribution < 1.29 is 18.0 Å². The molecule has 0 aromatic heterocycles. The van der Waals surface area contributed by atoms with Crippen molar-refractivity contribution in [3.63, 3.8) is 0 Å². The van der Waals surface area contributed by atoms with Gasteiger partial charge in [0.1, 0.15) is 6.04 Å². The van der Waals surface area contributed by atoms with Gasteiger partial charge in [0.05, 0.1) is 22.7 Å². The Hall–Kier alpha value is -2.87. The van der Waals surface area contributed by atoms with Crippen LogP contribution in [0.2, 0.25) is 0 Å². The first-order chi connectivity index (χ1) is 16.6. The molecule has 1 aliphatic heterocycles. The van der Waals surface area contributed by atoms with Crippen molar-refractivity contribution >= 4 is 33.2 Å². The molecule has 1 heterocycles. The number of benzene rings is 2. The van der Waals surface area contributed by atoms with Crippen LogP contribution in [0.5, 0.6) is 0 Å². The Kier molecular flexibility index (Phi) is 6.11. The second-order valence-electron chi connectivity index (χ2n) is 10.5. The quantitative estimate of drug-likeness (QED) is 0.632. The lowest BCUT2D eigenvalue weighted by molar-refractivity contribution is -0.125. The molecule has 2 aromatic carbocycles. The van der Waals surface area contributed by atoms with Gasteiger partial charge in [0.15, 0.2) is 0 Å². The zero-order chi connectivity index (χ0) is 24.9. The molecule has 2 amide bonds. The zero-order valence-corrected chi connectivity index (χ0v) is 21.3. The van der Waals surface area contributed by atoms with Crippen molar-refractivity contribution in [2.24, 2.45) is 17.8 Å². The summed E-state index contributed by atoms with van der Waals surface area (Å²) in [6.45, 7) is 6.04. The van der Waals surface area contributed by atoms with Crippen molar-refractivity contribution in [1.29, 1.82) is 0 Å². The van der Waals surface area contributed by atoms with Crippen molar-refractivity contribution in [3.8, 4) is 0 Å². The standard InChI is InChI=1S/C27H33N3O4S/c1-16-10-17(2)26(18(3)11-16)35(33,34)30-23-7-5-4-6-22(23)29-27(32)24(30)14-25(31)28-15-21-13-19-8-9-20(21)12-19/h4-7,10-11,19-21,24H,8-9,12-15H2,1-3H3,(H,28,31)(H,29,32). The number of para-hydroxylation sites is 2. The van der Waals surface area contributed by atoms with Gasteiger partial charge >= 0.3 is 0 Å². The monoisotopic (exact) mass is 495 g/mol. The first-order valence-corrected chi connectivity index (χ1v) is 13.9. The molecule has 2 saturated carbocycles. The van der Waals surface area contributed by atoms with Crippen LogP contribution in [0, 0.1) is 38.5 Å². The van der Waals surface area contributed by atoms with Gasteiger partial charge in [-0.05, 0) is 81.0 Å². The molecule has 2 fully saturated rings. The van der Waals surface area contributed by atoms with Crippen LogP contribution in [0.25, 0.3) is 0 Å². The van der Waals surface area contributed by atoms with Gasteiger partial charge in [0, 0.05) is 6.54 Å². The number of carbonyl (C=O) groups excluding carboxylic acids is 2. The van der Waals surface area contributed by atoms with Gasteiger partial charge in [-0.3, -0.25) is 13.9 Å². The molecule has 7 nitrogen and oxygen atoms in total. The highest BCUT2D eigenvalue weighted by atomic mass is 32.2. The van der Waals surface area contributed by atoms with Gasteiger partial charge in [-0.1, -0.05) is 36.2 Å². The lowest BCUT2D eigenvalue weighted by Crippen LogP contribution is -2.53. The van der Waals surface area contributed by atoms with Crippen LogP contribution in [-0.2, 0) is 19.6 Å². The Morgan fingerprint density at radius 2 is 1.80 bits per heavy atom. The summed E-state index contributed by atoms with van der Waals surface area (Å²) < 4.78 is 29.4. The molecular weight excluding hydrogens is 462 g/mol. The van der Waals surface area contributed by atoms with Gasteiger partial charge in [0.25, 0.3) is 10.0 Å².